The van der Waals surface area contributed by atoms with E-state index in [1.165, 1.54) is 0 Å². The summed E-state index contributed by atoms with van der Waals surface area (Å²) in [5.74, 6) is 1.47. The molecule has 0 radical (unpaired) electrons. The summed E-state index contributed by atoms with van der Waals surface area (Å²) in [4.78, 5) is 24.8. The smallest absolute Gasteiger partial charge is 0.227 e. The van der Waals surface area contributed by atoms with E-state index in [0.29, 0.717) is 43.6 Å². The van der Waals surface area contributed by atoms with Gasteiger partial charge in [-0.25, -0.2) is 0 Å². The summed E-state index contributed by atoms with van der Waals surface area (Å²) in [6.45, 7) is 2.28. The van der Waals surface area contributed by atoms with Gasteiger partial charge in [-0.3, -0.25) is 9.78 Å². The molecule has 1 N–H and O–H groups in total. The number of likely N-dealkylation sites (tertiary alicyclic amines) is 1. The molecule has 3 heterocycles. The van der Waals surface area contributed by atoms with E-state index in [-0.39, 0.29) is 18.4 Å². The fourth-order valence-electron chi connectivity index (χ4n) is 3.37. The van der Waals surface area contributed by atoms with Gasteiger partial charge in [-0.1, -0.05) is 5.16 Å². The number of nitrogens with zero attached hydrogens (tertiary/aromatic N) is 5. The van der Waals surface area contributed by atoms with Crippen LogP contribution in [-0.4, -0.2) is 76.3 Å². The molecule has 0 aliphatic carbocycles. The Morgan fingerprint density at radius 1 is 1.31 bits per heavy atom. The maximum atomic E-state index is 12.5. The monoisotopic (exact) mass is 359 g/mol. The van der Waals surface area contributed by atoms with Gasteiger partial charge in [0.1, 0.15) is 0 Å². The molecular weight excluding hydrogens is 334 g/mol. The van der Waals surface area contributed by atoms with Gasteiger partial charge in [-0.2, -0.15) is 4.98 Å². The molecule has 2 atom stereocenters. The minimum atomic E-state index is 0.0633. The van der Waals surface area contributed by atoms with Crippen LogP contribution in [0.4, 0.5) is 0 Å². The average molecular weight is 359 g/mol. The Balaban J connectivity index is 1.54. The number of aliphatic hydroxyl groups is 1. The number of aryl methyl sites for hydroxylation is 1. The van der Waals surface area contributed by atoms with Gasteiger partial charge in [-0.05, 0) is 32.1 Å². The number of aliphatic hydroxyl groups excluding tert-OH is 1. The number of aromatic nitrogens is 3. The van der Waals surface area contributed by atoms with Crippen molar-refractivity contribution in [2.75, 3.05) is 40.3 Å². The quantitative estimate of drug-likeness (QED) is 0.777. The van der Waals surface area contributed by atoms with Crippen molar-refractivity contribution in [3.63, 3.8) is 0 Å². The summed E-state index contributed by atoms with van der Waals surface area (Å²) in [7, 11) is 4.02. The van der Waals surface area contributed by atoms with Crippen molar-refractivity contribution in [2.24, 2.45) is 11.8 Å². The van der Waals surface area contributed by atoms with Gasteiger partial charge in [0.05, 0.1) is 0 Å². The fraction of sp³-hybridized carbons (Fsp3) is 0.556. The van der Waals surface area contributed by atoms with Crippen LogP contribution in [0.2, 0.25) is 0 Å². The predicted octanol–water partition coefficient (Wildman–Crippen LogP) is 0.693. The van der Waals surface area contributed by atoms with Crippen molar-refractivity contribution in [3.8, 4) is 11.4 Å². The molecule has 2 aromatic heterocycles. The van der Waals surface area contributed by atoms with Gasteiger partial charge >= 0.3 is 0 Å². The zero-order chi connectivity index (χ0) is 18.5. The topological polar surface area (TPSA) is 95.6 Å². The lowest BCUT2D eigenvalue weighted by Gasteiger charge is -2.20. The van der Waals surface area contributed by atoms with E-state index in [9.17, 15) is 9.90 Å². The summed E-state index contributed by atoms with van der Waals surface area (Å²) in [5.41, 5.74) is 0.832. The summed E-state index contributed by atoms with van der Waals surface area (Å²) in [5, 5.41) is 13.5. The third-order valence-corrected chi connectivity index (χ3v) is 4.72. The Labute approximate surface area is 152 Å². The second kappa shape index (κ2) is 8.37. The van der Waals surface area contributed by atoms with E-state index >= 15 is 0 Å². The molecule has 1 aliphatic heterocycles. The average Bonchev–Trinajstić information content (AvgIpc) is 3.27. The molecule has 26 heavy (non-hydrogen) atoms. The van der Waals surface area contributed by atoms with Crippen LogP contribution in [0.1, 0.15) is 12.3 Å². The first-order valence-electron chi connectivity index (χ1n) is 8.83. The van der Waals surface area contributed by atoms with Gasteiger partial charge in [0.25, 0.3) is 0 Å². The number of amides is 1. The number of hydrogen-bond acceptors (Lipinski definition) is 7. The van der Waals surface area contributed by atoms with Crippen LogP contribution >= 0.6 is 0 Å². The Kier molecular flexibility index (Phi) is 5.95. The molecule has 0 unspecified atom stereocenters. The normalized spacial score (nSPS) is 20.1. The summed E-state index contributed by atoms with van der Waals surface area (Å²) in [6.07, 6.45) is 4.08. The Morgan fingerprint density at radius 3 is 2.73 bits per heavy atom. The van der Waals surface area contributed by atoms with Crippen LogP contribution in [0.3, 0.4) is 0 Å². The lowest BCUT2D eigenvalue weighted by atomic mass is 9.97. The van der Waals surface area contributed by atoms with Crippen molar-refractivity contribution in [1.82, 2.24) is 24.9 Å². The molecule has 1 amide bonds. The van der Waals surface area contributed by atoms with Gasteiger partial charge in [-0.15, -0.1) is 0 Å². The van der Waals surface area contributed by atoms with Crippen LogP contribution in [0, 0.1) is 11.8 Å². The molecule has 3 rings (SSSR count). The second-order valence-corrected chi connectivity index (χ2v) is 7.01. The largest absolute Gasteiger partial charge is 0.396 e. The Morgan fingerprint density at radius 2 is 2.04 bits per heavy atom. The molecule has 0 aromatic carbocycles. The Hall–Kier alpha value is -2.32. The summed E-state index contributed by atoms with van der Waals surface area (Å²) < 4.78 is 5.25. The lowest BCUT2D eigenvalue weighted by molar-refractivity contribution is -0.130. The van der Waals surface area contributed by atoms with E-state index in [1.807, 2.05) is 31.1 Å². The van der Waals surface area contributed by atoms with E-state index in [4.69, 9.17) is 4.52 Å². The summed E-state index contributed by atoms with van der Waals surface area (Å²) >= 11 is 0. The fourth-order valence-corrected chi connectivity index (χ4v) is 3.37. The lowest BCUT2D eigenvalue weighted by Crippen LogP contribution is -2.31. The zero-order valence-electron chi connectivity index (χ0n) is 15.2. The standard InChI is InChI=1S/C18H25N5O3/c1-22(2)9-14-10-23(11-15(14)12-24)17(25)4-3-16-20-18(21-26-16)13-5-7-19-8-6-13/h5-8,14-15,24H,3-4,9-12H2,1-2H3/t14-,15-/m1/s1. The van der Waals surface area contributed by atoms with Crippen molar-refractivity contribution in [1.29, 1.82) is 0 Å². The van der Waals surface area contributed by atoms with Crippen molar-refractivity contribution < 1.29 is 14.4 Å². The van der Waals surface area contributed by atoms with E-state index in [0.717, 1.165) is 12.1 Å². The molecule has 0 bridgehead atoms. The maximum absolute atomic E-state index is 12.5. The second-order valence-electron chi connectivity index (χ2n) is 7.01. The van der Waals surface area contributed by atoms with Crippen molar-refractivity contribution in [3.05, 3.63) is 30.4 Å². The highest BCUT2D eigenvalue weighted by Crippen LogP contribution is 2.24. The molecule has 1 fully saturated rings. The number of carbonyl (C=O) groups excluding carboxylic acids is 1. The van der Waals surface area contributed by atoms with Crippen LogP contribution < -0.4 is 0 Å². The number of pyridine rings is 1. The molecule has 0 spiro atoms. The molecule has 140 valence electrons. The van der Waals surface area contributed by atoms with E-state index in [1.54, 1.807) is 12.4 Å². The third-order valence-electron chi connectivity index (χ3n) is 4.72. The highest BCUT2D eigenvalue weighted by Gasteiger charge is 2.34. The molecular formula is C18H25N5O3. The van der Waals surface area contributed by atoms with Gasteiger partial charge in [0.2, 0.25) is 17.6 Å². The van der Waals surface area contributed by atoms with Gasteiger partial charge < -0.3 is 19.4 Å². The third kappa shape index (κ3) is 4.44. The van der Waals surface area contributed by atoms with Crippen molar-refractivity contribution >= 4 is 5.91 Å². The maximum Gasteiger partial charge on any atom is 0.227 e. The number of hydrogen-bond donors (Lipinski definition) is 1. The van der Waals surface area contributed by atoms with Gasteiger partial charge in [0.15, 0.2) is 0 Å². The molecule has 8 nitrogen and oxygen atoms in total. The highest BCUT2D eigenvalue weighted by atomic mass is 16.5. The minimum absolute atomic E-state index is 0.0633. The summed E-state index contributed by atoms with van der Waals surface area (Å²) in [6, 6.07) is 3.62. The van der Waals surface area contributed by atoms with Crippen LogP contribution in [-0.2, 0) is 11.2 Å². The number of rotatable bonds is 7. The van der Waals surface area contributed by atoms with Gasteiger partial charge in [0, 0.05) is 63.0 Å². The highest BCUT2D eigenvalue weighted by molar-refractivity contribution is 5.76. The molecule has 0 saturated carbocycles. The molecule has 1 saturated heterocycles. The number of carbonyl (C=O) groups is 1. The first-order valence-corrected chi connectivity index (χ1v) is 8.83. The molecule has 1 aliphatic rings. The first-order chi connectivity index (χ1) is 12.6. The van der Waals surface area contributed by atoms with Crippen molar-refractivity contribution in [2.45, 2.75) is 12.8 Å². The van der Waals surface area contributed by atoms with Crippen LogP contribution in [0.5, 0.6) is 0 Å². The Bertz CT molecular complexity index is 719. The SMILES string of the molecule is CN(C)C[C@@H]1CN(C(=O)CCc2nc(-c3ccncc3)no2)C[C@@H]1CO. The van der Waals surface area contributed by atoms with Crippen LogP contribution in [0.15, 0.2) is 29.0 Å². The molecule has 8 heteroatoms. The zero-order valence-corrected chi connectivity index (χ0v) is 15.2. The van der Waals surface area contributed by atoms with Crippen LogP contribution in [0.25, 0.3) is 11.4 Å². The first kappa shape index (κ1) is 18.5. The predicted molar refractivity (Wildman–Crippen MR) is 95.0 cm³/mol. The van der Waals surface area contributed by atoms with E-state index < -0.39 is 0 Å². The minimum Gasteiger partial charge on any atom is -0.396 e. The van der Waals surface area contributed by atoms with E-state index in [2.05, 4.69) is 20.0 Å². The molecule has 2 aromatic rings.